The first-order valence-corrected chi connectivity index (χ1v) is 4.60. The van der Waals surface area contributed by atoms with Gasteiger partial charge < -0.3 is 15.1 Å². The van der Waals surface area contributed by atoms with Crippen LogP contribution in [0.1, 0.15) is 25.2 Å². The van der Waals surface area contributed by atoms with E-state index in [2.05, 4.69) is 10.2 Å². The van der Waals surface area contributed by atoms with Crippen molar-refractivity contribution in [1.82, 2.24) is 10.2 Å². The van der Waals surface area contributed by atoms with Gasteiger partial charge in [0, 0.05) is 13.5 Å². The Kier molecular flexibility index (Phi) is 2.18. The molecule has 0 aromatic carbocycles. The van der Waals surface area contributed by atoms with Gasteiger partial charge in [0.25, 0.3) is 0 Å². The summed E-state index contributed by atoms with van der Waals surface area (Å²) in [6.07, 6.45) is 3.37. The summed E-state index contributed by atoms with van der Waals surface area (Å²) in [5, 5.41) is 7.73. The maximum absolute atomic E-state index is 5.92. The lowest BCUT2D eigenvalue weighted by molar-refractivity contribution is 0.417. The second-order valence-corrected chi connectivity index (χ2v) is 3.36. The Hall–Kier alpha value is -1.10. The standard InChI is InChI=1S/C8H14N4O/c1-6-10-11-8(13-6)12-5-3-2-4-7(12)9/h7H,2-5,9H2,1H3. The van der Waals surface area contributed by atoms with E-state index in [1.807, 2.05) is 4.90 Å². The molecule has 0 bridgehead atoms. The Labute approximate surface area is 76.9 Å². The minimum absolute atomic E-state index is 0.0357. The molecule has 1 aliphatic rings. The molecule has 1 fully saturated rings. The lowest BCUT2D eigenvalue weighted by Gasteiger charge is -2.31. The van der Waals surface area contributed by atoms with E-state index in [1.165, 1.54) is 6.42 Å². The van der Waals surface area contributed by atoms with E-state index < -0.39 is 0 Å². The molecule has 5 heteroatoms. The van der Waals surface area contributed by atoms with Crippen molar-refractivity contribution in [3.05, 3.63) is 5.89 Å². The van der Waals surface area contributed by atoms with Crippen molar-refractivity contribution in [2.75, 3.05) is 11.4 Å². The highest BCUT2D eigenvalue weighted by molar-refractivity contribution is 5.26. The molecule has 1 atom stereocenters. The molecule has 1 aromatic rings. The summed E-state index contributed by atoms with van der Waals surface area (Å²) in [5.74, 6) is 0.591. The SMILES string of the molecule is Cc1nnc(N2CCCCC2N)o1. The number of nitrogens with zero attached hydrogens (tertiary/aromatic N) is 3. The van der Waals surface area contributed by atoms with Crippen LogP contribution in [-0.4, -0.2) is 22.9 Å². The topological polar surface area (TPSA) is 68.2 Å². The van der Waals surface area contributed by atoms with Crippen LogP contribution in [0.3, 0.4) is 0 Å². The normalized spacial score (nSPS) is 23.5. The van der Waals surface area contributed by atoms with Gasteiger partial charge in [-0.3, -0.25) is 0 Å². The number of aromatic nitrogens is 2. The summed E-state index contributed by atoms with van der Waals surface area (Å²) < 4.78 is 5.32. The summed E-state index contributed by atoms with van der Waals surface area (Å²) in [7, 11) is 0. The lowest BCUT2D eigenvalue weighted by Crippen LogP contribution is -2.45. The molecule has 0 spiro atoms. The largest absolute Gasteiger partial charge is 0.408 e. The van der Waals surface area contributed by atoms with Crippen LogP contribution in [0.4, 0.5) is 6.01 Å². The second-order valence-electron chi connectivity index (χ2n) is 3.36. The Balaban J connectivity index is 2.14. The molecule has 13 heavy (non-hydrogen) atoms. The molecule has 0 aliphatic carbocycles. The third-order valence-corrected chi connectivity index (χ3v) is 2.31. The average Bonchev–Trinajstić information content (AvgIpc) is 2.53. The zero-order valence-electron chi connectivity index (χ0n) is 7.73. The Morgan fingerprint density at radius 1 is 1.46 bits per heavy atom. The van der Waals surface area contributed by atoms with Crippen molar-refractivity contribution in [3.8, 4) is 0 Å². The van der Waals surface area contributed by atoms with Crippen molar-refractivity contribution in [1.29, 1.82) is 0 Å². The Morgan fingerprint density at radius 3 is 2.92 bits per heavy atom. The maximum Gasteiger partial charge on any atom is 0.319 e. The third kappa shape index (κ3) is 1.65. The van der Waals surface area contributed by atoms with E-state index in [4.69, 9.17) is 10.2 Å². The van der Waals surface area contributed by atoms with Gasteiger partial charge >= 0.3 is 6.01 Å². The number of aryl methyl sites for hydroxylation is 1. The van der Waals surface area contributed by atoms with Gasteiger partial charge in [-0.05, 0) is 19.3 Å². The zero-order chi connectivity index (χ0) is 9.26. The van der Waals surface area contributed by atoms with Gasteiger partial charge in [0.2, 0.25) is 5.89 Å². The molecule has 1 unspecified atom stereocenters. The van der Waals surface area contributed by atoms with Gasteiger partial charge in [-0.25, -0.2) is 0 Å². The van der Waals surface area contributed by atoms with E-state index in [1.54, 1.807) is 6.92 Å². The molecule has 2 rings (SSSR count). The first-order chi connectivity index (χ1) is 6.27. The zero-order valence-corrected chi connectivity index (χ0v) is 7.73. The Bertz CT molecular complexity index is 285. The van der Waals surface area contributed by atoms with Crippen molar-refractivity contribution in [3.63, 3.8) is 0 Å². The molecular formula is C8H14N4O. The Morgan fingerprint density at radius 2 is 2.31 bits per heavy atom. The van der Waals surface area contributed by atoms with Gasteiger partial charge in [0.1, 0.15) is 0 Å². The van der Waals surface area contributed by atoms with Crippen LogP contribution in [0.2, 0.25) is 0 Å². The second kappa shape index (κ2) is 3.33. The quantitative estimate of drug-likeness (QED) is 0.690. The molecule has 5 nitrogen and oxygen atoms in total. The summed E-state index contributed by atoms with van der Waals surface area (Å²) >= 11 is 0. The molecule has 2 heterocycles. The van der Waals surface area contributed by atoms with Crippen LogP contribution >= 0.6 is 0 Å². The van der Waals surface area contributed by atoms with Gasteiger partial charge in [0.15, 0.2) is 0 Å². The van der Waals surface area contributed by atoms with E-state index in [9.17, 15) is 0 Å². The van der Waals surface area contributed by atoms with Gasteiger partial charge in [0.05, 0.1) is 6.17 Å². The highest BCUT2D eigenvalue weighted by Crippen LogP contribution is 2.20. The molecule has 72 valence electrons. The van der Waals surface area contributed by atoms with Crippen molar-refractivity contribution in [2.24, 2.45) is 5.73 Å². The maximum atomic E-state index is 5.92. The molecule has 2 N–H and O–H groups in total. The fourth-order valence-corrected chi connectivity index (χ4v) is 1.60. The molecule has 0 saturated carbocycles. The highest BCUT2D eigenvalue weighted by Gasteiger charge is 2.22. The third-order valence-electron chi connectivity index (χ3n) is 2.31. The van der Waals surface area contributed by atoms with Crippen LogP contribution < -0.4 is 10.6 Å². The monoisotopic (exact) mass is 182 g/mol. The number of hydrogen-bond acceptors (Lipinski definition) is 5. The molecular weight excluding hydrogens is 168 g/mol. The van der Waals surface area contributed by atoms with E-state index in [0.29, 0.717) is 11.9 Å². The summed E-state index contributed by atoms with van der Waals surface area (Å²) in [6, 6.07) is 0.560. The first kappa shape index (κ1) is 8.50. The summed E-state index contributed by atoms with van der Waals surface area (Å²) in [5.41, 5.74) is 5.92. The minimum atomic E-state index is 0.0357. The molecule has 0 radical (unpaired) electrons. The number of hydrogen-bond donors (Lipinski definition) is 1. The number of anilines is 1. The summed E-state index contributed by atoms with van der Waals surface area (Å²) in [6.45, 7) is 2.70. The smallest absolute Gasteiger partial charge is 0.319 e. The van der Waals surface area contributed by atoms with E-state index in [0.717, 1.165) is 19.4 Å². The molecule has 0 amide bonds. The fraction of sp³-hybridized carbons (Fsp3) is 0.750. The van der Waals surface area contributed by atoms with Crippen molar-refractivity contribution >= 4 is 6.01 Å². The number of piperidine rings is 1. The van der Waals surface area contributed by atoms with Crippen LogP contribution in [0.15, 0.2) is 4.42 Å². The number of nitrogens with two attached hydrogens (primary N) is 1. The van der Waals surface area contributed by atoms with Crippen LogP contribution in [-0.2, 0) is 0 Å². The van der Waals surface area contributed by atoms with E-state index >= 15 is 0 Å². The highest BCUT2D eigenvalue weighted by atomic mass is 16.4. The number of rotatable bonds is 1. The van der Waals surface area contributed by atoms with Gasteiger partial charge in [-0.15, -0.1) is 5.10 Å². The van der Waals surface area contributed by atoms with Gasteiger partial charge in [-0.1, -0.05) is 5.10 Å². The van der Waals surface area contributed by atoms with Crippen molar-refractivity contribution in [2.45, 2.75) is 32.4 Å². The van der Waals surface area contributed by atoms with E-state index in [-0.39, 0.29) is 6.17 Å². The fourth-order valence-electron chi connectivity index (χ4n) is 1.60. The molecule has 1 aromatic heterocycles. The first-order valence-electron chi connectivity index (χ1n) is 4.60. The van der Waals surface area contributed by atoms with Gasteiger partial charge in [-0.2, -0.15) is 0 Å². The average molecular weight is 182 g/mol. The minimum Gasteiger partial charge on any atom is -0.408 e. The van der Waals surface area contributed by atoms with Crippen molar-refractivity contribution < 1.29 is 4.42 Å². The predicted octanol–water partition coefficient (Wildman–Crippen LogP) is 0.653. The molecule has 1 saturated heterocycles. The molecule has 1 aliphatic heterocycles. The predicted molar refractivity (Wildman–Crippen MR) is 48.2 cm³/mol. The van der Waals surface area contributed by atoms with Crippen LogP contribution in [0.25, 0.3) is 0 Å². The lowest BCUT2D eigenvalue weighted by atomic mass is 10.1. The van der Waals surface area contributed by atoms with Crippen LogP contribution in [0, 0.1) is 6.92 Å². The van der Waals surface area contributed by atoms with Crippen LogP contribution in [0.5, 0.6) is 0 Å². The summed E-state index contributed by atoms with van der Waals surface area (Å²) in [4.78, 5) is 1.98.